The van der Waals surface area contributed by atoms with Gasteiger partial charge in [0.25, 0.3) is 0 Å². The molecule has 0 unspecified atom stereocenters. The van der Waals surface area contributed by atoms with Crippen LogP contribution in [0.15, 0.2) is 66.7 Å². The monoisotopic (exact) mass is 371 g/mol. The standard InChI is InChI=1S/C24H21NO3/c1-28-16-11-9-14(10-12-16)22-20-13-15-5-2-3-6-17(15)21(20)18-7-4-8-19(24(26)27)23(18)25-22/h2-12,20-22,25H,13H2,1H3,(H,26,27)/t20-,21+,22-/m0/s1. The van der Waals surface area contributed by atoms with Crippen molar-refractivity contribution in [2.45, 2.75) is 18.4 Å². The molecular weight excluding hydrogens is 350 g/mol. The van der Waals surface area contributed by atoms with Crippen molar-refractivity contribution in [3.05, 3.63) is 94.5 Å². The highest BCUT2D eigenvalue weighted by Crippen LogP contribution is 2.54. The molecule has 0 bridgehead atoms. The van der Waals surface area contributed by atoms with Crippen LogP contribution < -0.4 is 10.1 Å². The van der Waals surface area contributed by atoms with Crippen molar-refractivity contribution < 1.29 is 14.6 Å². The number of carbonyl (C=O) groups is 1. The minimum Gasteiger partial charge on any atom is -0.497 e. The number of hydrogen-bond acceptors (Lipinski definition) is 3. The molecule has 1 aliphatic carbocycles. The third-order valence-electron chi connectivity index (χ3n) is 6.14. The Morgan fingerprint density at radius 2 is 1.75 bits per heavy atom. The molecule has 3 aromatic carbocycles. The Balaban J connectivity index is 1.69. The molecular formula is C24H21NO3. The summed E-state index contributed by atoms with van der Waals surface area (Å²) in [7, 11) is 1.66. The lowest BCUT2D eigenvalue weighted by atomic mass is 9.75. The van der Waals surface area contributed by atoms with Crippen molar-refractivity contribution in [1.82, 2.24) is 0 Å². The van der Waals surface area contributed by atoms with Gasteiger partial charge in [0.1, 0.15) is 5.75 Å². The number of benzene rings is 3. The number of anilines is 1. The zero-order valence-electron chi connectivity index (χ0n) is 15.6. The van der Waals surface area contributed by atoms with Gasteiger partial charge in [0.2, 0.25) is 0 Å². The molecule has 0 spiro atoms. The van der Waals surface area contributed by atoms with E-state index >= 15 is 0 Å². The molecule has 4 nitrogen and oxygen atoms in total. The van der Waals surface area contributed by atoms with E-state index in [0.29, 0.717) is 11.5 Å². The van der Waals surface area contributed by atoms with Crippen LogP contribution in [0.4, 0.5) is 5.69 Å². The fraction of sp³-hybridized carbons (Fsp3) is 0.208. The summed E-state index contributed by atoms with van der Waals surface area (Å²) >= 11 is 0. The molecule has 0 amide bonds. The molecule has 5 rings (SSSR count). The number of carboxylic acid groups (broad SMARTS) is 1. The van der Waals surface area contributed by atoms with Gasteiger partial charge in [-0.1, -0.05) is 48.5 Å². The first-order valence-electron chi connectivity index (χ1n) is 9.52. The molecule has 0 radical (unpaired) electrons. The van der Waals surface area contributed by atoms with Gasteiger partial charge in [-0.3, -0.25) is 0 Å². The Morgan fingerprint density at radius 3 is 2.50 bits per heavy atom. The maximum absolute atomic E-state index is 11.9. The Labute approximate surface area is 163 Å². The van der Waals surface area contributed by atoms with Crippen molar-refractivity contribution in [3.63, 3.8) is 0 Å². The van der Waals surface area contributed by atoms with Gasteiger partial charge in [0.05, 0.1) is 24.4 Å². The van der Waals surface area contributed by atoms with Crippen LogP contribution in [0.5, 0.6) is 5.75 Å². The van der Waals surface area contributed by atoms with Gasteiger partial charge >= 0.3 is 5.97 Å². The van der Waals surface area contributed by atoms with Gasteiger partial charge in [-0.2, -0.15) is 0 Å². The lowest BCUT2D eigenvalue weighted by molar-refractivity contribution is 0.0697. The van der Waals surface area contributed by atoms with Crippen LogP contribution in [0.3, 0.4) is 0 Å². The number of nitrogens with one attached hydrogen (secondary N) is 1. The first-order valence-corrected chi connectivity index (χ1v) is 9.52. The lowest BCUT2D eigenvalue weighted by Crippen LogP contribution is -2.31. The third-order valence-corrected chi connectivity index (χ3v) is 6.14. The summed E-state index contributed by atoms with van der Waals surface area (Å²) in [5, 5.41) is 13.3. The predicted molar refractivity (Wildman–Crippen MR) is 108 cm³/mol. The zero-order chi connectivity index (χ0) is 19.3. The number of aromatic carboxylic acids is 1. The second-order valence-corrected chi connectivity index (χ2v) is 7.51. The highest BCUT2D eigenvalue weighted by atomic mass is 16.5. The third kappa shape index (κ3) is 2.48. The van der Waals surface area contributed by atoms with E-state index in [9.17, 15) is 9.90 Å². The van der Waals surface area contributed by atoms with Crippen molar-refractivity contribution in [2.24, 2.45) is 5.92 Å². The van der Waals surface area contributed by atoms with Crippen LogP contribution in [-0.4, -0.2) is 18.2 Å². The summed E-state index contributed by atoms with van der Waals surface area (Å²) in [6.07, 6.45) is 0.973. The SMILES string of the molecule is COc1ccc([C@@H]2Nc3c(C(=O)O)cccc3[C@H]3c4ccccc4C[C@@H]32)cc1. The largest absolute Gasteiger partial charge is 0.497 e. The van der Waals surface area contributed by atoms with E-state index in [2.05, 4.69) is 47.8 Å². The van der Waals surface area contributed by atoms with Gasteiger partial charge in [-0.05, 0) is 52.8 Å². The van der Waals surface area contributed by atoms with E-state index in [0.717, 1.165) is 29.0 Å². The van der Waals surface area contributed by atoms with Crippen LogP contribution in [0.1, 0.15) is 44.6 Å². The lowest BCUT2D eigenvalue weighted by Gasteiger charge is -2.38. The number of methoxy groups -OCH3 is 1. The first kappa shape index (κ1) is 16.9. The molecule has 1 aliphatic heterocycles. The van der Waals surface area contributed by atoms with Gasteiger partial charge in [0, 0.05) is 5.92 Å². The minimum absolute atomic E-state index is 0.0382. The zero-order valence-corrected chi connectivity index (χ0v) is 15.6. The Hall–Kier alpha value is -3.27. The second-order valence-electron chi connectivity index (χ2n) is 7.51. The Bertz CT molecular complexity index is 1060. The molecule has 28 heavy (non-hydrogen) atoms. The average molecular weight is 371 g/mol. The molecule has 1 heterocycles. The number of hydrogen-bond donors (Lipinski definition) is 2. The molecule has 0 saturated heterocycles. The topological polar surface area (TPSA) is 58.6 Å². The smallest absolute Gasteiger partial charge is 0.337 e. The van der Waals surface area contributed by atoms with Gasteiger partial charge in [0.15, 0.2) is 0 Å². The second kappa shape index (κ2) is 6.41. The number of para-hydroxylation sites is 1. The average Bonchev–Trinajstić information content (AvgIpc) is 3.12. The fourth-order valence-corrected chi connectivity index (χ4v) is 4.91. The van der Waals surface area contributed by atoms with Gasteiger partial charge in [-0.15, -0.1) is 0 Å². The molecule has 2 N–H and O–H groups in total. The van der Waals surface area contributed by atoms with Crippen molar-refractivity contribution in [3.8, 4) is 5.75 Å². The summed E-state index contributed by atoms with van der Waals surface area (Å²) in [5.41, 5.74) is 5.98. The number of rotatable bonds is 3. The number of carboxylic acids is 1. The van der Waals surface area contributed by atoms with Crippen LogP contribution in [0.25, 0.3) is 0 Å². The van der Waals surface area contributed by atoms with Crippen molar-refractivity contribution in [1.29, 1.82) is 0 Å². The predicted octanol–water partition coefficient (Wildman–Crippen LogP) is 4.86. The van der Waals surface area contributed by atoms with Crippen LogP contribution in [0, 0.1) is 5.92 Å². The van der Waals surface area contributed by atoms with E-state index in [1.54, 1.807) is 13.2 Å². The minimum atomic E-state index is -0.900. The molecule has 0 fully saturated rings. The Kier molecular flexibility index (Phi) is 3.86. The summed E-state index contributed by atoms with van der Waals surface area (Å²) in [5.74, 6) is 0.446. The van der Waals surface area contributed by atoms with E-state index in [-0.39, 0.29) is 12.0 Å². The molecule has 0 saturated carbocycles. The van der Waals surface area contributed by atoms with Crippen LogP contribution in [0.2, 0.25) is 0 Å². The van der Waals surface area contributed by atoms with Crippen LogP contribution >= 0.6 is 0 Å². The number of fused-ring (bicyclic) bond motifs is 5. The quantitative estimate of drug-likeness (QED) is 0.690. The van der Waals surface area contributed by atoms with E-state index in [4.69, 9.17) is 4.74 Å². The molecule has 2 aliphatic rings. The molecule has 3 atom stereocenters. The fourth-order valence-electron chi connectivity index (χ4n) is 4.91. The summed E-state index contributed by atoms with van der Waals surface area (Å²) in [4.78, 5) is 11.9. The molecule has 0 aromatic heterocycles. The summed E-state index contributed by atoms with van der Waals surface area (Å²) in [6.45, 7) is 0. The van der Waals surface area contributed by atoms with Crippen molar-refractivity contribution >= 4 is 11.7 Å². The van der Waals surface area contributed by atoms with E-state index in [1.807, 2.05) is 18.2 Å². The normalized spacial score (nSPS) is 21.8. The van der Waals surface area contributed by atoms with Gasteiger partial charge in [-0.25, -0.2) is 4.79 Å². The highest BCUT2D eigenvalue weighted by molar-refractivity contribution is 5.96. The maximum Gasteiger partial charge on any atom is 0.337 e. The Morgan fingerprint density at radius 1 is 1.00 bits per heavy atom. The highest BCUT2D eigenvalue weighted by Gasteiger charge is 2.44. The molecule has 4 heteroatoms. The first-order chi connectivity index (χ1) is 13.7. The molecule has 140 valence electrons. The van der Waals surface area contributed by atoms with Gasteiger partial charge < -0.3 is 15.2 Å². The molecule has 3 aromatic rings. The van der Waals surface area contributed by atoms with E-state index in [1.165, 1.54) is 11.1 Å². The van der Waals surface area contributed by atoms with Crippen LogP contribution in [-0.2, 0) is 6.42 Å². The van der Waals surface area contributed by atoms with E-state index < -0.39 is 5.97 Å². The summed E-state index contributed by atoms with van der Waals surface area (Å²) in [6, 6.07) is 22.3. The maximum atomic E-state index is 11.9. The number of ether oxygens (including phenoxy) is 1. The van der Waals surface area contributed by atoms with Crippen molar-refractivity contribution in [2.75, 3.05) is 12.4 Å². The summed E-state index contributed by atoms with van der Waals surface area (Å²) < 4.78 is 5.30.